The predicted molar refractivity (Wildman–Crippen MR) is 113 cm³/mol. The van der Waals surface area contributed by atoms with Gasteiger partial charge in [-0.3, -0.25) is 10.1 Å². The van der Waals surface area contributed by atoms with Crippen molar-refractivity contribution in [3.8, 4) is 11.5 Å². The Labute approximate surface area is 179 Å². The van der Waals surface area contributed by atoms with Crippen molar-refractivity contribution in [3.63, 3.8) is 0 Å². The second kappa shape index (κ2) is 6.95. The van der Waals surface area contributed by atoms with E-state index in [9.17, 15) is 20.0 Å². The molecule has 1 spiro atoms. The van der Waals surface area contributed by atoms with E-state index in [1.807, 2.05) is 23.1 Å². The van der Waals surface area contributed by atoms with Gasteiger partial charge in [0.1, 0.15) is 23.8 Å². The van der Waals surface area contributed by atoms with Crippen molar-refractivity contribution >= 4 is 17.3 Å². The number of nitro benzene ring substituents is 1. The average molecular weight is 424 g/mol. The number of hydrogen-bond acceptors (Lipinski definition) is 6. The Morgan fingerprint density at radius 2 is 1.94 bits per heavy atom. The fourth-order valence-electron chi connectivity index (χ4n) is 5.29. The van der Waals surface area contributed by atoms with Gasteiger partial charge in [0.05, 0.1) is 11.5 Å². The molecule has 0 radical (unpaired) electrons. The Balaban J connectivity index is 1.54. The highest BCUT2D eigenvalue weighted by Gasteiger charge is 2.59. The van der Waals surface area contributed by atoms with Crippen LogP contribution in [0.25, 0.3) is 0 Å². The van der Waals surface area contributed by atoms with Gasteiger partial charge in [0.25, 0.3) is 5.69 Å². The van der Waals surface area contributed by atoms with Crippen LogP contribution in [0.2, 0.25) is 0 Å². The van der Waals surface area contributed by atoms with Crippen LogP contribution in [-0.4, -0.2) is 34.9 Å². The molecule has 2 heterocycles. The molecule has 162 valence electrons. The van der Waals surface area contributed by atoms with Gasteiger partial charge in [-0.2, -0.15) is 0 Å². The number of hydrogen-bond donors (Lipinski definition) is 1. The molecule has 2 unspecified atom stereocenters. The summed E-state index contributed by atoms with van der Waals surface area (Å²) in [5.41, 5.74) is 2.86. The van der Waals surface area contributed by atoms with Gasteiger partial charge in [0.2, 0.25) is 0 Å². The Morgan fingerprint density at radius 1 is 1.26 bits per heavy atom. The van der Waals surface area contributed by atoms with Crippen molar-refractivity contribution in [2.24, 2.45) is 0 Å². The number of carboxylic acid groups (broad SMARTS) is 1. The summed E-state index contributed by atoms with van der Waals surface area (Å²) in [5.74, 6) is 0.363. The molecule has 2 aromatic carbocycles. The normalized spacial score (nSPS) is 23.1. The zero-order valence-corrected chi connectivity index (χ0v) is 17.5. The summed E-state index contributed by atoms with van der Waals surface area (Å²) in [6.07, 6.45) is 3.25. The van der Waals surface area contributed by atoms with Crippen molar-refractivity contribution in [3.05, 3.63) is 57.1 Å². The number of ether oxygens (including phenoxy) is 2. The molecule has 2 aliphatic heterocycles. The van der Waals surface area contributed by atoms with Crippen molar-refractivity contribution in [1.82, 2.24) is 0 Å². The van der Waals surface area contributed by atoms with Crippen LogP contribution in [0.3, 0.4) is 0 Å². The second-order valence-electron chi connectivity index (χ2n) is 8.72. The minimum Gasteiger partial charge on any atom is -0.480 e. The third kappa shape index (κ3) is 2.89. The van der Waals surface area contributed by atoms with Crippen LogP contribution in [0.1, 0.15) is 42.4 Å². The standard InChI is InChI=1S/C23H24N2O6/c1-13-10-15(25(28)29)11-14(2)20(13)31-16-4-5-18-17(12-16)23(7-3-8-23)21(22(26)27)24(18)19-6-9-30-19/h4-5,10-12,19,21H,3,6-9H2,1-2H3,(H,26,27). The van der Waals surface area contributed by atoms with Gasteiger partial charge in [0, 0.05) is 29.7 Å². The number of aryl methyl sites for hydroxylation is 2. The SMILES string of the molecule is Cc1cc([N+](=O)[O-])cc(C)c1Oc1ccc2c(c1)C1(CCC1)C(C(=O)O)N2C1CCO1. The lowest BCUT2D eigenvalue weighted by atomic mass is 9.61. The first-order valence-electron chi connectivity index (χ1n) is 10.5. The van der Waals surface area contributed by atoms with Gasteiger partial charge in [-0.15, -0.1) is 0 Å². The molecule has 2 atom stereocenters. The zero-order chi connectivity index (χ0) is 21.9. The number of nitrogens with zero attached hydrogens (tertiary/aromatic N) is 2. The number of nitro groups is 1. The van der Waals surface area contributed by atoms with Crippen molar-refractivity contribution in [2.45, 2.75) is 57.2 Å². The maximum absolute atomic E-state index is 12.3. The first kappa shape index (κ1) is 19.8. The lowest BCUT2D eigenvalue weighted by molar-refractivity contribution is -0.385. The topological polar surface area (TPSA) is 102 Å². The van der Waals surface area contributed by atoms with E-state index in [0.717, 1.165) is 36.9 Å². The van der Waals surface area contributed by atoms with Crippen LogP contribution in [0, 0.1) is 24.0 Å². The number of non-ortho nitro benzene ring substituents is 1. The summed E-state index contributed by atoms with van der Waals surface area (Å²) in [7, 11) is 0. The van der Waals surface area contributed by atoms with E-state index in [1.54, 1.807) is 13.8 Å². The Kier molecular flexibility index (Phi) is 4.44. The summed E-state index contributed by atoms with van der Waals surface area (Å²) in [4.78, 5) is 24.9. The monoisotopic (exact) mass is 424 g/mol. The molecule has 2 fully saturated rings. The molecule has 1 aliphatic carbocycles. The number of fused-ring (bicyclic) bond motifs is 2. The third-order valence-corrected chi connectivity index (χ3v) is 6.92. The van der Waals surface area contributed by atoms with Crippen LogP contribution in [0.15, 0.2) is 30.3 Å². The molecule has 8 nitrogen and oxygen atoms in total. The predicted octanol–water partition coefficient (Wildman–Crippen LogP) is 4.45. The number of anilines is 1. The number of aliphatic carboxylic acids is 1. The molecular formula is C23H24N2O6. The van der Waals surface area contributed by atoms with E-state index in [1.165, 1.54) is 12.1 Å². The summed E-state index contributed by atoms with van der Waals surface area (Å²) in [6.45, 7) is 4.22. The van der Waals surface area contributed by atoms with E-state index in [-0.39, 0.29) is 11.9 Å². The molecule has 31 heavy (non-hydrogen) atoms. The van der Waals surface area contributed by atoms with E-state index in [4.69, 9.17) is 9.47 Å². The van der Waals surface area contributed by atoms with Gasteiger partial charge < -0.3 is 19.5 Å². The molecule has 1 N–H and O–H groups in total. The summed E-state index contributed by atoms with van der Waals surface area (Å²) >= 11 is 0. The summed E-state index contributed by atoms with van der Waals surface area (Å²) in [5, 5.41) is 21.2. The van der Waals surface area contributed by atoms with Gasteiger partial charge in [0.15, 0.2) is 0 Å². The summed E-state index contributed by atoms with van der Waals surface area (Å²) < 4.78 is 11.9. The Bertz CT molecular complexity index is 1070. The molecular weight excluding hydrogens is 400 g/mol. The molecule has 0 bridgehead atoms. The van der Waals surface area contributed by atoms with Gasteiger partial charge in [-0.05, 0) is 61.6 Å². The van der Waals surface area contributed by atoms with Crippen LogP contribution >= 0.6 is 0 Å². The lowest BCUT2D eigenvalue weighted by Crippen LogP contribution is -2.58. The number of carboxylic acids is 1. The first-order valence-corrected chi connectivity index (χ1v) is 10.5. The van der Waals surface area contributed by atoms with Crippen molar-refractivity contribution in [2.75, 3.05) is 11.5 Å². The van der Waals surface area contributed by atoms with E-state index in [0.29, 0.717) is 29.2 Å². The molecule has 3 aliphatic rings. The van der Waals surface area contributed by atoms with Crippen molar-refractivity contribution < 1.29 is 24.3 Å². The van der Waals surface area contributed by atoms with Crippen LogP contribution in [-0.2, 0) is 14.9 Å². The maximum Gasteiger partial charge on any atom is 0.327 e. The molecule has 2 aromatic rings. The van der Waals surface area contributed by atoms with E-state index >= 15 is 0 Å². The van der Waals surface area contributed by atoms with E-state index in [2.05, 4.69) is 0 Å². The minimum atomic E-state index is -0.823. The molecule has 0 amide bonds. The summed E-state index contributed by atoms with van der Waals surface area (Å²) in [6, 6.07) is 8.06. The Hall–Kier alpha value is -3.13. The van der Waals surface area contributed by atoms with Crippen LogP contribution < -0.4 is 9.64 Å². The lowest BCUT2D eigenvalue weighted by Gasteiger charge is -2.46. The number of rotatable bonds is 5. The molecule has 0 aromatic heterocycles. The number of carbonyl (C=O) groups is 1. The zero-order valence-electron chi connectivity index (χ0n) is 17.5. The molecule has 8 heteroatoms. The fourth-order valence-corrected chi connectivity index (χ4v) is 5.29. The van der Waals surface area contributed by atoms with Crippen LogP contribution in [0.4, 0.5) is 11.4 Å². The van der Waals surface area contributed by atoms with Crippen molar-refractivity contribution in [1.29, 1.82) is 0 Å². The highest BCUT2D eigenvalue weighted by molar-refractivity contribution is 5.87. The molecule has 5 rings (SSSR count). The third-order valence-electron chi connectivity index (χ3n) is 6.92. The maximum atomic E-state index is 12.3. The number of benzene rings is 2. The van der Waals surface area contributed by atoms with Gasteiger partial charge in [-0.25, -0.2) is 4.79 Å². The van der Waals surface area contributed by atoms with Gasteiger partial charge in [-0.1, -0.05) is 6.42 Å². The molecule has 1 saturated carbocycles. The van der Waals surface area contributed by atoms with E-state index < -0.39 is 22.3 Å². The molecule has 1 saturated heterocycles. The largest absolute Gasteiger partial charge is 0.480 e. The second-order valence-corrected chi connectivity index (χ2v) is 8.72. The Morgan fingerprint density at radius 3 is 2.42 bits per heavy atom. The van der Waals surface area contributed by atoms with Crippen LogP contribution in [0.5, 0.6) is 11.5 Å². The quantitative estimate of drug-likeness (QED) is 0.559. The fraction of sp³-hybridized carbons (Fsp3) is 0.435. The minimum absolute atomic E-state index is 0.0326. The average Bonchev–Trinajstić information content (AvgIpc) is 2.94. The highest BCUT2D eigenvalue weighted by atomic mass is 16.6. The highest BCUT2D eigenvalue weighted by Crippen LogP contribution is 2.58. The smallest absolute Gasteiger partial charge is 0.327 e. The first-order chi connectivity index (χ1) is 14.8. The van der Waals surface area contributed by atoms with Gasteiger partial charge >= 0.3 is 5.97 Å².